The fourth-order valence-electron chi connectivity index (χ4n) is 0.791. The van der Waals surface area contributed by atoms with Gasteiger partial charge in [0, 0.05) is 10.0 Å². The molecule has 0 aliphatic carbocycles. The van der Waals surface area contributed by atoms with Crippen molar-refractivity contribution in [2.45, 2.75) is 6.29 Å². The van der Waals surface area contributed by atoms with Gasteiger partial charge in [-0.05, 0) is 12.1 Å². The highest BCUT2D eigenvalue weighted by Gasteiger charge is 2.13. The lowest BCUT2D eigenvalue weighted by Gasteiger charge is -2.01. The van der Waals surface area contributed by atoms with Gasteiger partial charge in [0.05, 0.1) is 0 Å². The maximum Gasteiger partial charge on any atom is 0.218 e. The number of carbonyl (C=O) groups is 1. The van der Waals surface area contributed by atoms with Gasteiger partial charge in [-0.3, -0.25) is 4.79 Å². The summed E-state index contributed by atoms with van der Waals surface area (Å²) < 4.78 is 0.731. The predicted octanol–water partition coefficient (Wildman–Crippen LogP) is 0.943. The van der Waals surface area contributed by atoms with Crippen molar-refractivity contribution in [2.75, 3.05) is 0 Å². The molecule has 1 rings (SSSR count). The van der Waals surface area contributed by atoms with E-state index in [0.29, 0.717) is 0 Å². The van der Waals surface area contributed by atoms with Gasteiger partial charge in [0.1, 0.15) is 0 Å². The molecule has 0 spiro atoms. The molecular formula is C8H7BrO3. The molecule has 0 heterocycles. The number of hydrogen-bond acceptors (Lipinski definition) is 3. The highest BCUT2D eigenvalue weighted by atomic mass is 79.9. The van der Waals surface area contributed by atoms with Crippen LogP contribution in [0.5, 0.6) is 0 Å². The van der Waals surface area contributed by atoms with Crippen LogP contribution in [0.15, 0.2) is 28.7 Å². The Labute approximate surface area is 77.8 Å². The zero-order chi connectivity index (χ0) is 9.14. The molecule has 2 N–H and O–H groups in total. The summed E-state index contributed by atoms with van der Waals surface area (Å²) in [5.74, 6) is -0.698. The normalized spacial score (nSPS) is 10.3. The van der Waals surface area contributed by atoms with Crippen molar-refractivity contribution in [3.05, 3.63) is 34.3 Å². The zero-order valence-corrected chi connectivity index (χ0v) is 7.65. The number of aliphatic hydroxyl groups is 2. The fourth-order valence-corrected chi connectivity index (χ4v) is 1.19. The van der Waals surface area contributed by atoms with E-state index < -0.39 is 12.1 Å². The van der Waals surface area contributed by atoms with E-state index in [1.165, 1.54) is 12.1 Å². The van der Waals surface area contributed by atoms with Crippen LogP contribution in [0.3, 0.4) is 0 Å². The molecule has 0 bridgehead atoms. The Morgan fingerprint density at radius 2 is 2.08 bits per heavy atom. The summed E-state index contributed by atoms with van der Waals surface area (Å²) in [5.41, 5.74) is 0.277. The second kappa shape index (κ2) is 3.80. The first-order valence-electron chi connectivity index (χ1n) is 3.27. The van der Waals surface area contributed by atoms with E-state index >= 15 is 0 Å². The van der Waals surface area contributed by atoms with E-state index in [-0.39, 0.29) is 5.56 Å². The summed E-state index contributed by atoms with van der Waals surface area (Å²) >= 11 is 3.16. The number of ketones is 1. The van der Waals surface area contributed by atoms with Crippen molar-refractivity contribution in [2.24, 2.45) is 0 Å². The molecule has 64 valence electrons. The lowest BCUT2D eigenvalue weighted by atomic mass is 10.1. The maximum absolute atomic E-state index is 11.0. The van der Waals surface area contributed by atoms with Gasteiger partial charge in [0.2, 0.25) is 12.1 Å². The van der Waals surface area contributed by atoms with Gasteiger partial charge in [-0.15, -0.1) is 0 Å². The molecule has 0 saturated heterocycles. The van der Waals surface area contributed by atoms with Crippen LogP contribution in [-0.2, 0) is 0 Å². The Morgan fingerprint density at radius 3 is 2.58 bits per heavy atom. The number of halogens is 1. The minimum absolute atomic E-state index is 0.277. The van der Waals surface area contributed by atoms with Crippen LogP contribution >= 0.6 is 15.9 Å². The minimum Gasteiger partial charge on any atom is -0.362 e. The summed E-state index contributed by atoms with van der Waals surface area (Å²) in [6.07, 6.45) is -1.93. The molecule has 0 aromatic heterocycles. The summed E-state index contributed by atoms with van der Waals surface area (Å²) in [5, 5.41) is 17.1. The highest BCUT2D eigenvalue weighted by Crippen LogP contribution is 2.12. The Morgan fingerprint density at radius 1 is 1.42 bits per heavy atom. The Bertz CT molecular complexity index is 296. The summed E-state index contributed by atoms with van der Waals surface area (Å²) in [4.78, 5) is 11.0. The van der Waals surface area contributed by atoms with Crippen LogP contribution in [0.25, 0.3) is 0 Å². The smallest absolute Gasteiger partial charge is 0.218 e. The van der Waals surface area contributed by atoms with Crippen molar-refractivity contribution >= 4 is 21.7 Å². The van der Waals surface area contributed by atoms with Gasteiger partial charge in [-0.2, -0.15) is 0 Å². The van der Waals surface area contributed by atoms with Gasteiger partial charge in [-0.25, -0.2) is 0 Å². The summed E-state index contributed by atoms with van der Waals surface area (Å²) in [6.45, 7) is 0. The molecule has 1 aromatic rings. The first-order valence-corrected chi connectivity index (χ1v) is 4.06. The van der Waals surface area contributed by atoms with E-state index in [9.17, 15) is 4.79 Å². The molecule has 1 aromatic carbocycles. The molecule has 4 heteroatoms. The van der Waals surface area contributed by atoms with Gasteiger partial charge < -0.3 is 10.2 Å². The Balaban J connectivity index is 2.96. The third-order valence-electron chi connectivity index (χ3n) is 1.34. The first kappa shape index (κ1) is 9.38. The quantitative estimate of drug-likeness (QED) is 0.588. The number of aliphatic hydroxyl groups excluding tert-OH is 1. The SMILES string of the molecule is O=C(c1cccc(Br)c1)C(O)O. The maximum atomic E-state index is 11.0. The molecule has 12 heavy (non-hydrogen) atoms. The van der Waals surface area contributed by atoms with Crippen molar-refractivity contribution in [3.8, 4) is 0 Å². The average molecular weight is 231 g/mol. The van der Waals surface area contributed by atoms with Crippen molar-refractivity contribution in [1.82, 2.24) is 0 Å². The van der Waals surface area contributed by atoms with E-state index in [0.717, 1.165) is 4.47 Å². The predicted molar refractivity (Wildman–Crippen MR) is 46.7 cm³/mol. The molecular weight excluding hydrogens is 224 g/mol. The third kappa shape index (κ3) is 2.14. The van der Waals surface area contributed by atoms with Crippen LogP contribution in [0.1, 0.15) is 10.4 Å². The third-order valence-corrected chi connectivity index (χ3v) is 1.84. The van der Waals surface area contributed by atoms with E-state index in [1.54, 1.807) is 12.1 Å². The number of rotatable bonds is 2. The number of hydrogen-bond donors (Lipinski definition) is 2. The van der Waals surface area contributed by atoms with Crippen molar-refractivity contribution in [1.29, 1.82) is 0 Å². The molecule has 0 fully saturated rings. The molecule has 0 saturated carbocycles. The standard InChI is InChI=1S/C8H7BrO3/c9-6-3-1-2-5(4-6)7(10)8(11)12/h1-4,8,11-12H. The Hall–Kier alpha value is -0.710. The summed E-state index contributed by atoms with van der Waals surface area (Å²) in [7, 11) is 0. The van der Waals surface area contributed by atoms with Gasteiger partial charge in [0.15, 0.2) is 0 Å². The topological polar surface area (TPSA) is 57.5 Å². The molecule has 0 atom stereocenters. The number of Topliss-reactive ketones (excluding diaryl/α,β-unsaturated/α-hetero) is 1. The van der Waals surface area contributed by atoms with Crippen LogP contribution in [0.2, 0.25) is 0 Å². The van der Waals surface area contributed by atoms with Crippen LogP contribution in [-0.4, -0.2) is 22.3 Å². The first-order chi connectivity index (χ1) is 5.61. The summed E-state index contributed by atoms with van der Waals surface area (Å²) in [6, 6.07) is 6.45. The zero-order valence-electron chi connectivity index (χ0n) is 6.07. The average Bonchev–Trinajstić information content (AvgIpc) is 2.03. The Kier molecular flexibility index (Phi) is 2.97. The lowest BCUT2D eigenvalue weighted by Crippen LogP contribution is -2.19. The highest BCUT2D eigenvalue weighted by molar-refractivity contribution is 9.10. The number of benzene rings is 1. The molecule has 0 aliphatic heterocycles. The molecule has 0 radical (unpaired) electrons. The van der Waals surface area contributed by atoms with Gasteiger partial charge in [0.25, 0.3) is 0 Å². The van der Waals surface area contributed by atoms with E-state index in [2.05, 4.69) is 15.9 Å². The van der Waals surface area contributed by atoms with Gasteiger partial charge in [-0.1, -0.05) is 28.1 Å². The largest absolute Gasteiger partial charge is 0.362 e. The fraction of sp³-hybridized carbons (Fsp3) is 0.125. The number of carbonyl (C=O) groups excluding carboxylic acids is 1. The van der Waals surface area contributed by atoms with Gasteiger partial charge >= 0.3 is 0 Å². The molecule has 0 amide bonds. The van der Waals surface area contributed by atoms with E-state index in [4.69, 9.17) is 10.2 Å². The van der Waals surface area contributed by atoms with Crippen LogP contribution in [0.4, 0.5) is 0 Å². The monoisotopic (exact) mass is 230 g/mol. The second-order valence-corrected chi connectivity index (χ2v) is 3.16. The van der Waals surface area contributed by atoms with E-state index in [1.807, 2.05) is 0 Å². The second-order valence-electron chi connectivity index (χ2n) is 2.25. The lowest BCUT2D eigenvalue weighted by molar-refractivity contribution is -0.0195. The van der Waals surface area contributed by atoms with Crippen LogP contribution in [0, 0.1) is 0 Å². The molecule has 3 nitrogen and oxygen atoms in total. The minimum atomic E-state index is -1.93. The van der Waals surface area contributed by atoms with Crippen LogP contribution < -0.4 is 0 Å². The van der Waals surface area contributed by atoms with Crippen molar-refractivity contribution in [3.63, 3.8) is 0 Å². The molecule has 0 unspecified atom stereocenters. The molecule has 0 aliphatic rings. The van der Waals surface area contributed by atoms with Crippen molar-refractivity contribution < 1.29 is 15.0 Å².